The number of aryl methyl sites for hydroxylation is 1. The zero-order chi connectivity index (χ0) is 18.1. The van der Waals surface area contributed by atoms with E-state index in [0.717, 1.165) is 24.4 Å². The van der Waals surface area contributed by atoms with Crippen molar-refractivity contribution < 1.29 is 18.7 Å². The lowest BCUT2D eigenvalue weighted by molar-refractivity contribution is -0.121. The Bertz CT molecular complexity index is 662. The molecule has 0 saturated carbocycles. The predicted molar refractivity (Wildman–Crippen MR) is 95.8 cm³/mol. The van der Waals surface area contributed by atoms with Gasteiger partial charge in [-0.25, -0.2) is 0 Å². The Morgan fingerprint density at radius 1 is 1.16 bits per heavy atom. The topological polar surface area (TPSA) is 68.5 Å². The molecule has 0 aliphatic heterocycles. The van der Waals surface area contributed by atoms with Gasteiger partial charge in [0.25, 0.3) is 0 Å². The average molecular weight is 343 g/mol. The maximum Gasteiger partial charge on any atom is 0.220 e. The van der Waals surface area contributed by atoms with E-state index in [4.69, 9.17) is 9.15 Å². The van der Waals surface area contributed by atoms with Crippen LogP contribution in [0.25, 0.3) is 0 Å². The van der Waals surface area contributed by atoms with Crippen molar-refractivity contribution in [2.24, 2.45) is 0 Å². The average Bonchev–Trinajstić information content (AvgIpc) is 3.12. The van der Waals surface area contributed by atoms with Crippen LogP contribution in [0.5, 0.6) is 5.75 Å². The lowest BCUT2D eigenvalue weighted by Crippen LogP contribution is -2.33. The molecule has 1 amide bonds. The highest BCUT2D eigenvalue weighted by atomic mass is 16.5. The third-order valence-electron chi connectivity index (χ3n) is 3.88. The van der Waals surface area contributed by atoms with E-state index in [1.807, 2.05) is 26.0 Å². The molecule has 134 valence electrons. The van der Waals surface area contributed by atoms with Crippen LogP contribution in [0, 0.1) is 0 Å². The Balaban J connectivity index is 1.70. The van der Waals surface area contributed by atoms with E-state index >= 15 is 0 Å². The van der Waals surface area contributed by atoms with Gasteiger partial charge in [-0.1, -0.05) is 0 Å². The summed E-state index contributed by atoms with van der Waals surface area (Å²) in [7, 11) is 0. The molecule has 1 heterocycles. The van der Waals surface area contributed by atoms with Gasteiger partial charge in [0.05, 0.1) is 12.9 Å². The molecule has 2 rings (SSSR count). The van der Waals surface area contributed by atoms with Gasteiger partial charge < -0.3 is 14.5 Å². The number of rotatable bonds is 10. The zero-order valence-electron chi connectivity index (χ0n) is 14.8. The Morgan fingerprint density at radius 2 is 1.92 bits per heavy atom. The molecule has 25 heavy (non-hydrogen) atoms. The number of nitrogens with one attached hydrogen (secondary N) is 1. The number of benzene rings is 1. The van der Waals surface area contributed by atoms with Gasteiger partial charge in [0.1, 0.15) is 11.5 Å². The van der Waals surface area contributed by atoms with Crippen molar-refractivity contribution in [1.29, 1.82) is 0 Å². The third kappa shape index (κ3) is 6.45. The second-order valence-electron chi connectivity index (χ2n) is 5.97. The predicted octanol–water partition coefficient (Wildman–Crippen LogP) is 3.78. The zero-order valence-corrected chi connectivity index (χ0v) is 14.8. The monoisotopic (exact) mass is 343 g/mol. The molecule has 1 N–H and O–H groups in total. The number of carbonyl (C=O) groups is 2. The molecule has 0 bridgehead atoms. The highest BCUT2D eigenvalue weighted by molar-refractivity contribution is 5.98. The molecule has 1 aromatic heterocycles. The minimum atomic E-state index is -0.105. The van der Waals surface area contributed by atoms with Gasteiger partial charge in [0.15, 0.2) is 5.78 Å². The Kier molecular flexibility index (Phi) is 7.26. The van der Waals surface area contributed by atoms with Crippen LogP contribution < -0.4 is 10.1 Å². The summed E-state index contributed by atoms with van der Waals surface area (Å²) < 4.78 is 10.6. The van der Waals surface area contributed by atoms with E-state index in [-0.39, 0.29) is 30.6 Å². The van der Waals surface area contributed by atoms with Crippen molar-refractivity contribution >= 4 is 11.7 Å². The third-order valence-corrected chi connectivity index (χ3v) is 3.88. The van der Waals surface area contributed by atoms with Crippen molar-refractivity contribution in [2.75, 3.05) is 6.61 Å². The molecule has 1 unspecified atom stereocenters. The first kappa shape index (κ1) is 18.8. The normalized spacial score (nSPS) is 11.8. The Hall–Kier alpha value is -2.56. The van der Waals surface area contributed by atoms with E-state index in [1.165, 1.54) is 0 Å². The minimum Gasteiger partial charge on any atom is -0.494 e. The van der Waals surface area contributed by atoms with Crippen LogP contribution in [-0.2, 0) is 11.2 Å². The summed E-state index contributed by atoms with van der Waals surface area (Å²) in [5.41, 5.74) is 0.599. The molecule has 1 aromatic carbocycles. The number of furan rings is 1. The van der Waals surface area contributed by atoms with Gasteiger partial charge in [-0.2, -0.15) is 0 Å². The lowest BCUT2D eigenvalue weighted by atomic mass is 10.1. The summed E-state index contributed by atoms with van der Waals surface area (Å²) in [5.74, 6) is 1.50. The Labute approximate surface area is 148 Å². The van der Waals surface area contributed by atoms with Gasteiger partial charge in [-0.15, -0.1) is 0 Å². The molecule has 0 radical (unpaired) electrons. The molecular weight excluding hydrogens is 318 g/mol. The largest absolute Gasteiger partial charge is 0.494 e. The number of ether oxygens (including phenoxy) is 1. The van der Waals surface area contributed by atoms with Gasteiger partial charge in [-0.05, 0) is 56.7 Å². The van der Waals surface area contributed by atoms with Crippen LogP contribution in [0.2, 0.25) is 0 Å². The minimum absolute atomic E-state index is 0.0400. The second-order valence-corrected chi connectivity index (χ2v) is 5.97. The summed E-state index contributed by atoms with van der Waals surface area (Å²) in [6, 6.07) is 10.8. The van der Waals surface area contributed by atoms with Crippen molar-refractivity contribution in [3.05, 3.63) is 54.0 Å². The number of hydrogen-bond acceptors (Lipinski definition) is 4. The number of ketones is 1. The summed E-state index contributed by atoms with van der Waals surface area (Å²) >= 11 is 0. The maximum atomic E-state index is 12.2. The highest BCUT2D eigenvalue weighted by Gasteiger charge is 2.12. The van der Waals surface area contributed by atoms with E-state index < -0.39 is 0 Å². The molecule has 5 heteroatoms. The molecular formula is C20H25NO4. The fourth-order valence-corrected chi connectivity index (χ4v) is 2.51. The van der Waals surface area contributed by atoms with Crippen molar-refractivity contribution in [3.63, 3.8) is 0 Å². The maximum absolute atomic E-state index is 12.2. The van der Waals surface area contributed by atoms with Crippen molar-refractivity contribution in [1.82, 2.24) is 5.32 Å². The molecule has 0 spiro atoms. The second kappa shape index (κ2) is 9.67. The molecule has 0 fully saturated rings. The van der Waals surface area contributed by atoms with Gasteiger partial charge in [-0.3, -0.25) is 9.59 Å². The highest BCUT2D eigenvalue weighted by Crippen LogP contribution is 2.14. The summed E-state index contributed by atoms with van der Waals surface area (Å²) in [6.07, 6.45) is 3.61. The van der Waals surface area contributed by atoms with Crippen LogP contribution in [-0.4, -0.2) is 24.3 Å². The van der Waals surface area contributed by atoms with E-state index in [0.29, 0.717) is 12.2 Å². The number of hydrogen-bond donors (Lipinski definition) is 1. The van der Waals surface area contributed by atoms with Crippen LogP contribution >= 0.6 is 0 Å². The van der Waals surface area contributed by atoms with E-state index in [1.54, 1.807) is 30.5 Å². The molecule has 2 aromatic rings. The van der Waals surface area contributed by atoms with Crippen LogP contribution in [0.15, 0.2) is 47.1 Å². The first-order chi connectivity index (χ1) is 12.1. The van der Waals surface area contributed by atoms with Crippen LogP contribution in [0.1, 0.15) is 49.2 Å². The smallest absolute Gasteiger partial charge is 0.220 e. The van der Waals surface area contributed by atoms with E-state index in [9.17, 15) is 9.59 Å². The fraction of sp³-hybridized carbons (Fsp3) is 0.400. The number of Topliss-reactive ketones (excluding diaryl/α,β-unsaturated/α-hetero) is 1. The number of carbonyl (C=O) groups excluding carboxylic acids is 2. The molecule has 5 nitrogen and oxygen atoms in total. The molecule has 1 atom stereocenters. The summed E-state index contributed by atoms with van der Waals surface area (Å²) in [5, 5.41) is 2.92. The number of amides is 1. The summed E-state index contributed by atoms with van der Waals surface area (Å²) in [6.45, 7) is 4.45. The quantitative estimate of drug-likeness (QED) is 0.667. The van der Waals surface area contributed by atoms with Crippen molar-refractivity contribution in [3.8, 4) is 5.75 Å². The molecule has 0 saturated heterocycles. The van der Waals surface area contributed by atoms with Crippen molar-refractivity contribution in [2.45, 2.75) is 45.6 Å². The SMILES string of the molecule is CCOc1ccc(C(=O)CCC(=O)NC(C)CCc2ccco2)cc1. The lowest BCUT2D eigenvalue weighted by Gasteiger charge is -2.13. The first-order valence-electron chi connectivity index (χ1n) is 8.66. The molecule has 0 aliphatic carbocycles. The fourth-order valence-electron chi connectivity index (χ4n) is 2.51. The van der Waals surface area contributed by atoms with Crippen LogP contribution in [0.4, 0.5) is 0 Å². The standard InChI is InChI=1S/C20H25NO4/c1-3-24-18-10-7-16(8-11-18)19(22)12-13-20(23)21-15(2)6-9-17-5-4-14-25-17/h4-5,7-8,10-11,14-15H,3,6,9,12-13H2,1-2H3,(H,21,23). The van der Waals surface area contributed by atoms with E-state index in [2.05, 4.69) is 5.32 Å². The van der Waals surface area contributed by atoms with Gasteiger partial charge in [0, 0.05) is 30.9 Å². The Morgan fingerprint density at radius 3 is 2.56 bits per heavy atom. The molecule has 0 aliphatic rings. The van der Waals surface area contributed by atoms with Crippen LogP contribution in [0.3, 0.4) is 0 Å². The first-order valence-corrected chi connectivity index (χ1v) is 8.66. The van der Waals surface area contributed by atoms with Gasteiger partial charge >= 0.3 is 0 Å². The summed E-state index contributed by atoms with van der Waals surface area (Å²) in [4.78, 5) is 24.1. The van der Waals surface area contributed by atoms with Gasteiger partial charge in [0.2, 0.25) is 5.91 Å².